The van der Waals surface area contributed by atoms with Crippen molar-refractivity contribution in [3.63, 3.8) is 0 Å². The number of thiazole rings is 1. The monoisotopic (exact) mass is 418 g/mol. The molecular formula is C17H18N6O3S2. The lowest BCUT2D eigenvalue weighted by Gasteiger charge is -2.26. The first kappa shape index (κ1) is 19.0. The zero-order chi connectivity index (χ0) is 19.5. The van der Waals surface area contributed by atoms with E-state index in [1.807, 2.05) is 12.3 Å². The van der Waals surface area contributed by atoms with Gasteiger partial charge in [-0.05, 0) is 12.3 Å². The molecule has 0 unspecified atom stereocenters. The summed E-state index contributed by atoms with van der Waals surface area (Å²) < 4.78 is 6.15. The highest BCUT2D eigenvalue weighted by Crippen LogP contribution is 2.31. The van der Waals surface area contributed by atoms with E-state index in [1.165, 1.54) is 35.2 Å². The Labute approximate surface area is 169 Å². The summed E-state index contributed by atoms with van der Waals surface area (Å²) in [4.78, 5) is 26.5. The summed E-state index contributed by atoms with van der Waals surface area (Å²) in [6.45, 7) is 3.99. The number of fused-ring (bicyclic) bond motifs is 1. The third-order valence-electron chi connectivity index (χ3n) is 4.25. The van der Waals surface area contributed by atoms with Crippen molar-refractivity contribution in [2.75, 3.05) is 37.9 Å². The normalized spacial score (nSPS) is 15.0. The minimum Gasteiger partial charge on any atom is -0.379 e. The fraction of sp³-hybridized carbons (Fsp3) is 0.353. The highest BCUT2D eigenvalue weighted by atomic mass is 32.2. The van der Waals surface area contributed by atoms with E-state index in [0.29, 0.717) is 21.6 Å². The van der Waals surface area contributed by atoms with Gasteiger partial charge in [-0.3, -0.25) is 15.0 Å². The second-order valence-electron chi connectivity index (χ2n) is 6.17. The third kappa shape index (κ3) is 4.38. The van der Waals surface area contributed by atoms with Crippen LogP contribution in [-0.4, -0.2) is 57.3 Å². The first-order chi connectivity index (χ1) is 13.6. The highest BCUT2D eigenvalue weighted by molar-refractivity contribution is 7.98. The van der Waals surface area contributed by atoms with Crippen LogP contribution in [0.15, 0.2) is 29.4 Å². The SMILES string of the molecule is CSc1nc(CN2CCOCC2)cc(Nc2nc3ccc([N+](=O)[O-])cc3s2)n1. The number of anilines is 2. The molecule has 11 heteroatoms. The lowest BCUT2D eigenvalue weighted by Crippen LogP contribution is -2.35. The van der Waals surface area contributed by atoms with E-state index >= 15 is 0 Å². The summed E-state index contributed by atoms with van der Waals surface area (Å²) in [7, 11) is 0. The highest BCUT2D eigenvalue weighted by Gasteiger charge is 2.15. The van der Waals surface area contributed by atoms with Crippen LogP contribution < -0.4 is 5.32 Å². The number of ether oxygens (including phenoxy) is 1. The van der Waals surface area contributed by atoms with Gasteiger partial charge in [0.25, 0.3) is 5.69 Å². The molecule has 1 saturated heterocycles. The summed E-state index contributed by atoms with van der Waals surface area (Å²) in [6, 6.07) is 6.58. The number of thioether (sulfide) groups is 1. The molecule has 3 heterocycles. The van der Waals surface area contributed by atoms with Crippen molar-refractivity contribution < 1.29 is 9.66 Å². The van der Waals surface area contributed by atoms with Gasteiger partial charge in [0.05, 0.1) is 34.0 Å². The van der Waals surface area contributed by atoms with Gasteiger partial charge in [-0.25, -0.2) is 15.0 Å². The van der Waals surface area contributed by atoms with Crippen molar-refractivity contribution in [2.45, 2.75) is 11.7 Å². The molecule has 0 saturated carbocycles. The Balaban J connectivity index is 1.57. The molecule has 0 bridgehead atoms. The fourth-order valence-electron chi connectivity index (χ4n) is 2.89. The van der Waals surface area contributed by atoms with Gasteiger partial charge in [-0.2, -0.15) is 0 Å². The number of non-ortho nitro benzene ring substituents is 1. The van der Waals surface area contributed by atoms with E-state index in [1.54, 1.807) is 6.07 Å². The first-order valence-electron chi connectivity index (χ1n) is 8.65. The second-order valence-corrected chi connectivity index (χ2v) is 7.98. The first-order valence-corrected chi connectivity index (χ1v) is 10.7. The molecule has 0 spiro atoms. The molecule has 4 rings (SSSR count). The maximum atomic E-state index is 11.0. The number of hydrogen-bond acceptors (Lipinski definition) is 10. The predicted octanol–water partition coefficient (Wildman–Crippen LogP) is 3.29. The number of hydrogen-bond donors (Lipinski definition) is 1. The standard InChI is InChI=1S/C17H18N6O3S2/c1-27-16-18-11(10-22-4-6-26-7-5-22)8-15(20-16)21-17-19-13-3-2-12(23(24)25)9-14(13)28-17/h2-3,8-9H,4-7,10H2,1H3,(H,18,19,20,21). The van der Waals surface area contributed by atoms with Crippen LogP contribution in [0.25, 0.3) is 10.2 Å². The lowest BCUT2D eigenvalue weighted by molar-refractivity contribution is -0.384. The number of nitrogens with one attached hydrogen (secondary N) is 1. The molecule has 1 aliphatic heterocycles. The number of nitro groups is 1. The minimum atomic E-state index is -0.403. The molecule has 0 aliphatic carbocycles. The summed E-state index contributed by atoms with van der Waals surface area (Å²) >= 11 is 2.84. The lowest BCUT2D eigenvalue weighted by atomic mass is 10.3. The van der Waals surface area contributed by atoms with Crippen molar-refractivity contribution in [2.24, 2.45) is 0 Å². The van der Waals surface area contributed by atoms with Gasteiger partial charge in [0.2, 0.25) is 0 Å². The zero-order valence-electron chi connectivity index (χ0n) is 15.1. The van der Waals surface area contributed by atoms with Crippen LogP contribution >= 0.6 is 23.1 Å². The van der Waals surface area contributed by atoms with Crippen LogP contribution in [0.3, 0.4) is 0 Å². The maximum absolute atomic E-state index is 11.0. The second kappa shape index (κ2) is 8.35. The number of aromatic nitrogens is 3. The molecule has 2 aromatic heterocycles. The summed E-state index contributed by atoms with van der Waals surface area (Å²) in [6.07, 6.45) is 1.94. The van der Waals surface area contributed by atoms with Gasteiger partial charge < -0.3 is 10.1 Å². The molecular weight excluding hydrogens is 400 g/mol. The van der Waals surface area contributed by atoms with Crippen molar-refractivity contribution in [3.8, 4) is 0 Å². The van der Waals surface area contributed by atoms with Crippen LogP contribution in [-0.2, 0) is 11.3 Å². The van der Waals surface area contributed by atoms with Gasteiger partial charge >= 0.3 is 0 Å². The predicted molar refractivity (Wildman–Crippen MR) is 109 cm³/mol. The number of rotatable bonds is 6. The maximum Gasteiger partial charge on any atom is 0.270 e. The number of nitro benzene ring substituents is 1. The van der Waals surface area contributed by atoms with E-state index in [2.05, 4.69) is 25.2 Å². The van der Waals surface area contributed by atoms with E-state index in [4.69, 9.17) is 4.74 Å². The van der Waals surface area contributed by atoms with Gasteiger partial charge in [-0.1, -0.05) is 23.1 Å². The Hall–Kier alpha value is -2.34. The number of benzene rings is 1. The molecule has 0 amide bonds. The molecule has 0 atom stereocenters. The summed E-state index contributed by atoms with van der Waals surface area (Å²) in [5, 5.41) is 15.5. The smallest absolute Gasteiger partial charge is 0.270 e. The Bertz CT molecular complexity index is 1010. The number of morpholine rings is 1. The molecule has 1 aliphatic rings. The van der Waals surface area contributed by atoms with Crippen molar-refractivity contribution >= 4 is 50.0 Å². The Kier molecular flexibility index (Phi) is 5.67. The van der Waals surface area contributed by atoms with Crippen LogP contribution in [0.2, 0.25) is 0 Å². The Morgan fingerprint density at radius 2 is 2.11 bits per heavy atom. The fourth-order valence-corrected chi connectivity index (χ4v) is 4.19. The molecule has 1 N–H and O–H groups in total. The van der Waals surface area contributed by atoms with E-state index < -0.39 is 4.92 Å². The molecule has 9 nitrogen and oxygen atoms in total. The van der Waals surface area contributed by atoms with Gasteiger partial charge in [-0.15, -0.1) is 0 Å². The third-order valence-corrected chi connectivity index (χ3v) is 5.73. The molecule has 3 aromatic rings. The molecule has 146 valence electrons. The van der Waals surface area contributed by atoms with E-state index in [0.717, 1.165) is 43.2 Å². The topological polar surface area (TPSA) is 106 Å². The minimum absolute atomic E-state index is 0.0576. The van der Waals surface area contributed by atoms with E-state index in [9.17, 15) is 10.1 Å². The van der Waals surface area contributed by atoms with Gasteiger partial charge in [0.1, 0.15) is 5.82 Å². The quantitative estimate of drug-likeness (QED) is 0.279. The van der Waals surface area contributed by atoms with Gasteiger partial charge in [0, 0.05) is 37.8 Å². The largest absolute Gasteiger partial charge is 0.379 e. The number of nitrogens with zero attached hydrogens (tertiary/aromatic N) is 5. The Morgan fingerprint density at radius 1 is 1.29 bits per heavy atom. The zero-order valence-corrected chi connectivity index (χ0v) is 16.8. The van der Waals surface area contributed by atoms with Crippen molar-refractivity contribution in [3.05, 3.63) is 40.1 Å². The molecule has 1 fully saturated rings. The van der Waals surface area contributed by atoms with Crippen molar-refractivity contribution in [1.29, 1.82) is 0 Å². The molecule has 0 radical (unpaired) electrons. The molecule has 28 heavy (non-hydrogen) atoms. The van der Waals surface area contributed by atoms with Crippen LogP contribution in [0.5, 0.6) is 0 Å². The van der Waals surface area contributed by atoms with E-state index in [-0.39, 0.29) is 5.69 Å². The molecule has 1 aromatic carbocycles. The van der Waals surface area contributed by atoms with Crippen LogP contribution in [0.1, 0.15) is 5.69 Å². The van der Waals surface area contributed by atoms with Crippen LogP contribution in [0, 0.1) is 10.1 Å². The average Bonchev–Trinajstić information content (AvgIpc) is 3.09. The Morgan fingerprint density at radius 3 is 2.86 bits per heavy atom. The van der Waals surface area contributed by atoms with Crippen molar-refractivity contribution in [1.82, 2.24) is 19.9 Å². The summed E-state index contributed by atoms with van der Waals surface area (Å²) in [5.74, 6) is 0.663. The van der Waals surface area contributed by atoms with Gasteiger partial charge in [0.15, 0.2) is 10.3 Å². The summed E-state index contributed by atoms with van der Waals surface area (Å²) in [5.41, 5.74) is 1.70. The average molecular weight is 419 g/mol. The van der Waals surface area contributed by atoms with Crippen LogP contribution in [0.4, 0.5) is 16.6 Å².